The molecule has 0 aliphatic carbocycles. The van der Waals surface area contributed by atoms with E-state index in [1.807, 2.05) is 25.7 Å². The molecule has 1 aromatic carbocycles. The molecule has 11 heteroatoms. The number of nitrogens with zero attached hydrogens (tertiary/aromatic N) is 4. The Morgan fingerprint density at radius 3 is 2.42 bits per heavy atom. The van der Waals surface area contributed by atoms with Crippen molar-refractivity contribution in [2.75, 3.05) is 15.4 Å². The van der Waals surface area contributed by atoms with Crippen LogP contribution in [0.3, 0.4) is 0 Å². The normalized spacial score (nSPS) is 12.1. The van der Waals surface area contributed by atoms with E-state index in [1.54, 1.807) is 17.5 Å². The quantitative estimate of drug-likeness (QED) is 0.607. The molecule has 138 valence electrons. The van der Waals surface area contributed by atoms with E-state index in [4.69, 9.17) is 5.73 Å². The summed E-state index contributed by atoms with van der Waals surface area (Å²) in [5.74, 6) is 0.618. The van der Waals surface area contributed by atoms with Crippen LogP contribution in [0.5, 0.6) is 0 Å². The van der Waals surface area contributed by atoms with E-state index in [-0.39, 0.29) is 16.4 Å². The molecule has 0 bridgehead atoms. The number of sulfonamides is 1. The fourth-order valence-electron chi connectivity index (χ4n) is 2.39. The molecule has 0 saturated carbocycles. The van der Waals surface area contributed by atoms with Gasteiger partial charge in [0.2, 0.25) is 5.95 Å². The third-order valence-electron chi connectivity index (χ3n) is 3.42. The van der Waals surface area contributed by atoms with Crippen LogP contribution < -0.4 is 15.4 Å². The molecule has 2 aromatic heterocycles. The van der Waals surface area contributed by atoms with Crippen molar-refractivity contribution in [3.8, 4) is 0 Å². The Morgan fingerprint density at radius 1 is 1.23 bits per heavy atom. The summed E-state index contributed by atoms with van der Waals surface area (Å²) in [7, 11) is -3.70. The van der Waals surface area contributed by atoms with Gasteiger partial charge >= 0.3 is 0 Å². The van der Waals surface area contributed by atoms with Gasteiger partial charge in [-0.25, -0.2) is 18.5 Å². The monoisotopic (exact) mass is 393 g/mol. The molecular weight excluding hydrogens is 374 g/mol. The molecule has 4 N–H and O–H groups in total. The Hall–Kier alpha value is -2.66. The zero-order chi connectivity index (χ0) is 18.9. The Balaban J connectivity index is 1.92. The van der Waals surface area contributed by atoms with Gasteiger partial charge in [0, 0.05) is 22.8 Å². The van der Waals surface area contributed by atoms with Crippen LogP contribution in [0.1, 0.15) is 20.8 Å². The number of H-pyrrole nitrogens is 1. The fraction of sp³-hybridized carbons (Fsp3) is 0.267. The zero-order valence-electron chi connectivity index (χ0n) is 14.5. The third-order valence-corrected chi connectivity index (χ3v) is 5.59. The minimum atomic E-state index is -3.70. The number of anilines is 4. The molecule has 3 aromatic rings. The topological polar surface area (TPSA) is 130 Å². The molecule has 0 atom stereocenters. The van der Waals surface area contributed by atoms with Crippen molar-refractivity contribution in [2.24, 2.45) is 0 Å². The number of aromatic nitrogens is 4. The fourth-order valence-corrected chi connectivity index (χ4v) is 4.18. The second kappa shape index (κ2) is 6.57. The number of hydrogen-bond donors (Lipinski definition) is 3. The molecule has 0 aliphatic rings. The van der Waals surface area contributed by atoms with Crippen LogP contribution in [0, 0.1) is 0 Å². The summed E-state index contributed by atoms with van der Waals surface area (Å²) >= 11 is 1.21. The van der Waals surface area contributed by atoms with Gasteiger partial charge in [-0.1, -0.05) is 0 Å². The second-order valence-corrected chi connectivity index (χ2v) is 9.04. The van der Waals surface area contributed by atoms with Crippen LogP contribution in [-0.4, -0.2) is 34.1 Å². The van der Waals surface area contributed by atoms with Crippen LogP contribution in [0.2, 0.25) is 0 Å². The Bertz CT molecular complexity index is 974. The van der Waals surface area contributed by atoms with Crippen molar-refractivity contribution in [2.45, 2.75) is 31.2 Å². The third kappa shape index (κ3) is 3.78. The summed E-state index contributed by atoms with van der Waals surface area (Å²) in [6.45, 7) is 5.98. The molecule has 2 heterocycles. The van der Waals surface area contributed by atoms with Crippen LogP contribution in [0.25, 0.3) is 0 Å². The molecule has 0 radical (unpaired) electrons. The summed E-state index contributed by atoms with van der Waals surface area (Å²) < 4.78 is 27.3. The van der Waals surface area contributed by atoms with Crippen LogP contribution in [0.4, 0.5) is 22.7 Å². The van der Waals surface area contributed by atoms with Gasteiger partial charge in [-0.15, -0.1) is 16.4 Å². The van der Waals surface area contributed by atoms with Crippen LogP contribution in [0.15, 0.2) is 40.7 Å². The number of benzene rings is 1. The first kappa shape index (κ1) is 18.1. The highest BCUT2D eigenvalue weighted by Crippen LogP contribution is 2.31. The highest BCUT2D eigenvalue weighted by atomic mass is 32.2. The van der Waals surface area contributed by atoms with Crippen molar-refractivity contribution < 1.29 is 8.42 Å². The molecule has 3 rings (SSSR count). The number of nitrogens with two attached hydrogens (primary N) is 1. The Morgan fingerprint density at radius 2 is 1.92 bits per heavy atom. The molecule has 0 saturated heterocycles. The highest BCUT2D eigenvalue weighted by molar-refractivity contribution is 7.93. The van der Waals surface area contributed by atoms with Gasteiger partial charge in [0.05, 0.1) is 4.90 Å². The van der Waals surface area contributed by atoms with Crippen molar-refractivity contribution in [1.29, 1.82) is 0 Å². The summed E-state index contributed by atoms with van der Waals surface area (Å²) in [5.41, 5.74) is 6.02. The second-order valence-electron chi connectivity index (χ2n) is 6.46. The van der Waals surface area contributed by atoms with Crippen molar-refractivity contribution in [1.82, 2.24) is 20.2 Å². The smallest absolute Gasteiger partial charge is 0.263 e. The van der Waals surface area contributed by atoms with E-state index in [9.17, 15) is 8.42 Å². The van der Waals surface area contributed by atoms with Gasteiger partial charge < -0.3 is 10.6 Å². The lowest BCUT2D eigenvalue weighted by Gasteiger charge is -2.34. The first-order valence-corrected chi connectivity index (χ1v) is 10.0. The summed E-state index contributed by atoms with van der Waals surface area (Å²) in [6.07, 6.45) is 1.54. The predicted octanol–water partition coefficient (Wildman–Crippen LogP) is 2.58. The maximum atomic E-state index is 12.4. The maximum absolute atomic E-state index is 12.4. The van der Waals surface area contributed by atoms with Gasteiger partial charge in [0.15, 0.2) is 5.13 Å². The van der Waals surface area contributed by atoms with Crippen LogP contribution >= 0.6 is 11.3 Å². The van der Waals surface area contributed by atoms with Crippen molar-refractivity contribution >= 4 is 44.1 Å². The largest absolute Gasteiger partial charge is 0.368 e. The Labute approximate surface area is 155 Å². The van der Waals surface area contributed by atoms with Crippen LogP contribution in [-0.2, 0) is 10.0 Å². The van der Waals surface area contributed by atoms with E-state index in [1.165, 1.54) is 29.7 Å². The van der Waals surface area contributed by atoms with E-state index >= 15 is 0 Å². The van der Waals surface area contributed by atoms with E-state index in [0.717, 1.165) is 5.69 Å². The van der Waals surface area contributed by atoms with Gasteiger partial charge in [-0.05, 0) is 45.0 Å². The van der Waals surface area contributed by atoms with E-state index in [2.05, 4.69) is 24.9 Å². The Kier molecular flexibility index (Phi) is 4.59. The standard InChI is InChI=1S/C15H19N7O2S2/c1-15(2,3)22(13-18-12(16)19-20-13)10-4-6-11(7-5-10)26(23,24)21-14-17-8-9-25-14/h4-9H,1-3H3,(H,17,21)(H3,16,18,19,20). The lowest BCUT2D eigenvalue weighted by Crippen LogP contribution is -2.38. The van der Waals surface area contributed by atoms with Gasteiger partial charge in [0.1, 0.15) is 0 Å². The van der Waals surface area contributed by atoms with E-state index in [0.29, 0.717) is 11.1 Å². The molecule has 26 heavy (non-hydrogen) atoms. The summed E-state index contributed by atoms with van der Waals surface area (Å²) in [4.78, 5) is 10.1. The minimum Gasteiger partial charge on any atom is -0.368 e. The molecule has 0 unspecified atom stereocenters. The number of nitrogen functional groups attached to an aromatic ring is 1. The van der Waals surface area contributed by atoms with Gasteiger partial charge in [-0.2, -0.15) is 4.98 Å². The first-order chi connectivity index (χ1) is 12.2. The summed E-state index contributed by atoms with van der Waals surface area (Å²) in [6, 6.07) is 6.46. The number of nitrogens with one attached hydrogen (secondary N) is 2. The van der Waals surface area contributed by atoms with Gasteiger partial charge in [-0.3, -0.25) is 4.72 Å². The molecular formula is C15H19N7O2S2. The van der Waals surface area contributed by atoms with Crippen molar-refractivity contribution in [3.63, 3.8) is 0 Å². The molecule has 0 fully saturated rings. The average molecular weight is 393 g/mol. The number of thiazole rings is 1. The molecule has 0 amide bonds. The molecule has 0 aliphatic heterocycles. The number of hydrogen-bond acceptors (Lipinski definition) is 8. The van der Waals surface area contributed by atoms with Gasteiger partial charge in [0.25, 0.3) is 16.0 Å². The minimum absolute atomic E-state index is 0.139. The maximum Gasteiger partial charge on any atom is 0.263 e. The number of rotatable bonds is 5. The van der Waals surface area contributed by atoms with Crippen molar-refractivity contribution in [3.05, 3.63) is 35.8 Å². The first-order valence-electron chi connectivity index (χ1n) is 7.67. The number of aromatic amines is 1. The summed E-state index contributed by atoms with van der Waals surface area (Å²) in [5, 5.41) is 8.74. The lowest BCUT2D eigenvalue weighted by atomic mass is 10.1. The average Bonchev–Trinajstić information content (AvgIpc) is 3.18. The van der Waals surface area contributed by atoms with E-state index < -0.39 is 10.0 Å². The lowest BCUT2D eigenvalue weighted by molar-refractivity contribution is 0.551. The predicted molar refractivity (Wildman–Crippen MR) is 102 cm³/mol. The highest BCUT2D eigenvalue weighted by Gasteiger charge is 2.27. The SMILES string of the molecule is CC(C)(C)N(c1ccc(S(=O)(=O)Nc2nccs2)cc1)c1n[nH]c(N)n1. The zero-order valence-corrected chi connectivity index (χ0v) is 16.1. The molecule has 9 nitrogen and oxygen atoms in total. The molecule has 0 spiro atoms.